The quantitative estimate of drug-likeness (QED) is 0.177. The van der Waals surface area contributed by atoms with E-state index in [1.165, 1.54) is 45.4 Å². The summed E-state index contributed by atoms with van der Waals surface area (Å²) in [5, 5.41) is 10.7. The van der Waals surface area contributed by atoms with E-state index in [0.29, 0.717) is 5.56 Å². The zero-order chi connectivity index (χ0) is 19.6. The molecule has 0 N–H and O–H groups in total. The molecule has 0 radical (unpaired) electrons. The highest BCUT2D eigenvalue weighted by atomic mass is 31.2. The molecule has 0 saturated heterocycles. The Morgan fingerprint density at radius 3 is 2.19 bits per heavy atom. The average molecular weight is 387 g/mol. The van der Waals surface area contributed by atoms with E-state index in [0.717, 1.165) is 0 Å². The first-order chi connectivity index (χ1) is 12.3. The van der Waals surface area contributed by atoms with E-state index in [-0.39, 0.29) is 37.4 Å². The highest BCUT2D eigenvalue weighted by Crippen LogP contribution is 2.57. The first-order valence-corrected chi connectivity index (χ1v) is 9.23. The van der Waals surface area contributed by atoms with Gasteiger partial charge in [-0.2, -0.15) is 0 Å². The van der Waals surface area contributed by atoms with Crippen LogP contribution in [0.25, 0.3) is 6.08 Å². The van der Waals surface area contributed by atoms with Gasteiger partial charge in [0.2, 0.25) is 0 Å². The Bertz CT molecular complexity index is 689. The zero-order valence-corrected chi connectivity index (χ0v) is 15.8. The van der Waals surface area contributed by atoms with Gasteiger partial charge in [0, 0.05) is 26.4 Å². The van der Waals surface area contributed by atoms with Crippen LogP contribution in [0.4, 0.5) is 5.69 Å². The number of benzene rings is 1. The number of nitro benzene ring substituents is 1. The minimum Gasteiger partial charge on any atom is -0.382 e. The second-order valence-electron chi connectivity index (χ2n) is 5.09. The van der Waals surface area contributed by atoms with Crippen LogP contribution in [0.2, 0.25) is 0 Å². The molecule has 0 aliphatic heterocycles. The van der Waals surface area contributed by atoms with Crippen molar-refractivity contribution in [2.45, 2.75) is 6.92 Å². The van der Waals surface area contributed by atoms with E-state index in [9.17, 15) is 19.5 Å². The van der Waals surface area contributed by atoms with Crippen LogP contribution in [0.1, 0.15) is 12.5 Å². The van der Waals surface area contributed by atoms with Gasteiger partial charge < -0.3 is 18.5 Å². The molecule has 0 unspecified atom stereocenters. The molecule has 1 aromatic carbocycles. The highest BCUT2D eigenvalue weighted by molar-refractivity contribution is 7.60. The van der Waals surface area contributed by atoms with Gasteiger partial charge in [-0.05, 0) is 18.6 Å². The number of non-ortho nitro benzene ring substituents is 1. The molecule has 26 heavy (non-hydrogen) atoms. The molecule has 0 spiro atoms. The Kier molecular flexibility index (Phi) is 9.32. The van der Waals surface area contributed by atoms with Crippen LogP contribution in [0.5, 0.6) is 0 Å². The van der Waals surface area contributed by atoms with Crippen LogP contribution in [0, 0.1) is 10.1 Å². The standard InChI is InChI=1S/C16H22NO8P/c1-13(18)16(12-14-5-4-6-15(11-14)17(19)20)26(21,24-9-7-22-2)25-10-8-23-3/h4-6,11-12H,7-10H2,1-3H3. The van der Waals surface area contributed by atoms with E-state index in [1.807, 2.05) is 0 Å². The average Bonchev–Trinajstić information content (AvgIpc) is 2.60. The Labute approximate surface area is 151 Å². The molecule has 0 saturated carbocycles. The molecule has 9 nitrogen and oxygen atoms in total. The summed E-state index contributed by atoms with van der Waals surface area (Å²) in [6, 6.07) is 5.58. The monoisotopic (exact) mass is 387 g/mol. The predicted octanol–water partition coefficient (Wildman–Crippen LogP) is 3.04. The van der Waals surface area contributed by atoms with Crippen molar-refractivity contribution in [2.24, 2.45) is 0 Å². The van der Waals surface area contributed by atoms with Crippen LogP contribution < -0.4 is 0 Å². The van der Waals surface area contributed by atoms with Crippen molar-refractivity contribution in [3.8, 4) is 0 Å². The Morgan fingerprint density at radius 1 is 1.15 bits per heavy atom. The van der Waals surface area contributed by atoms with Crippen molar-refractivity contribution in [1.29, 1.82) is 0 Å². The lowest BCUT2D eigenvalue weighted by Crippen LogP contribution is -2.10. The maximum atomic E-state index is 13.1. The van der Waals surface area contributed by atoms with E-state index >= 15 is 0 Å². The van der Waals surface area contributed by atoms with Gasteiger partial charge in [0.05, 0.1) is 31.4 Å². The number of hydrogen-bond acceptors (Lipinski definition) is 8. The van der Waals surface area contributed by atoms with Crippen molar-refractivity contribution < 1.29 is 32.8 Å². The van der Waals surface area contributed by atoms with Crippen LogP contribution in [-0.4, -0.2) is 51.4 Å². The lowest BCUT2D eigenvalue weighted by atomic mass is 10.2. The largest absolute Gasteiger partial charge is 0.382 e. The van der Waals surface area contributed by atoms with Gasteiger partial charge in [0.25, 0.3) is 5.69 Å². The molecule has 0 aliphatic rings. The van der Waals surface area contributed by atoms with Crippen molar-refractivity contribution in [3.05, 3.63) is 45.3 Å². The van der Waals surface area contributed by atoms with Gasteiger partial charge in [-0.25, -0.2) is 0 Å². The first kappa shape index (κ1) is 22.1. The van der Waals surface area contributed by atoms with Crippen LogP contribution >= 0.6 is 7.60 Å². The summed E-state index contributed by atoms with van der Waals surface area (Å²) in [4.78, 5) is 22.4. The van der Waals surface area contributed by atoms with E-state index in [1.54, 1.807) is 6.07 Å². The van der Waals surface area contributed by atoms with Crippen LogP contribution in [-0.2, 0) is 27.9 Å². The molecule has 1 aromatic rings. The Balaban J connectivity index is 3.25. The Morgan fingerprint density at radius 2 is 1.73 bits per heavy atom. The van der Waals surface area contributed by atoms with Crippen molar-refractivity contribution in [3.63, 3.8) is 0 Å². The van der Waals surface area contributed by atoms with Gasteiger partial charge in [0.1, 0.15) is 5.31 Å². The molecule has 0 amide bonds. The highest BCUT2D eigenvalue weighted by Gasteiger charge is 2.33. The number of nitro groups is 1. The third kappa shape index (κ3) is 6.78. The molecule has 144 valence electrons. The third-order valence-corrected chi connectivity index (χ3v) is 5.22. The smallest absolute Gasteiger partial charge is 0.365 e. The summed E-state index contributed by atoms with van der Waals surface area (Å²) in [6.07, 6.45) is 1.27. The fourth-order valence-corrected chi connectivity index (χ4v) is 3.59. The molecular formula is C16H22NO8P. The molecule has 0 heterocycles. The normalized spacial score (nSPS) is 12.2. The second kappa shape index (κ2) is 10.9. The van der Waals surface area contributed by atoms with Crippen molar-refractivity contribution in [1.82, 2.24) is 0 Å². The number of allylic oxidation sites excluding steroid dienone is 1. The number of hydrogen-bond donors (Lipinski definition) is 0. The second-order valence-corrected chi connectivity index (χ2v) is 7.08. The SMILES string of the molecule is COCCOP(=O)(OCCOC)C(=Cc1cccc([N+](=O)[O-])c1)C(C)=O. The molecule has 0 fully saturated rings. The van der Waals surface area contributed by atoms with Crippen LogP contribution in [0.15, 0.2) is 29.6 Å². The van der Waals surface area contributed by atoms with Crippen LogP contribution in [0.3, 0.4) is 0 Å². The van der Waals surface area contributed by atoms with E-state index in [4.69, 9.17) is 18.5 Å². The van der Waals surface area contributed by atoms with Crippen molar-refractivity contribution in [2.75, 3.05) is 40.6 Å². The number of nitrogens with zero attached hydrogens (tertiary/aromatic N) is 1. The number of carbonyl (C=O) groups is 1. The van der Waals surface area contributed by atoms with E-state index < -0.39 is 18.3 Å². The summed E-state index contributed by atoms with van der Waals surface area (Å²) in [7, 11) is -1.07. The molecule has 0 atom stereocenters. The lowest BCUT2D eigenvalue weighted by molar-refractivity contribution is -0.384. The minimum atomic E-state index is -3.97. The number of rotatable bonds is 12. The van der Waals surface area contributed by atoms with Gasteiger partial charge in [0.15, 0.2) is 5.78 Å². The molecule has 0 aliphatic carbocycles. The minimum absolute atomic E-state index is 0.0552. The third-order valence-electron chi connectivity index (χ3n) is 3.14. The van der Waals surface area contributed by atoms with E-state index in [2.05, 4.69) is 0 Å². The lowest BCUT2D eigenvalue weighted by Gasteiger charge is -2.20. The number of methoxy groups -OCH3 is 2. The van der Waals surface area contributed by atoms with Crippen molar-refractivity contribution >= 4 is 25.1 Å². The molecule has 0 aromatic heterocycles. The zero-order valence-electron chi connectivity index (χ0n) is 14.9. The summed E-state index contributed by atoms with van der Waals surface area (Å²) in [6.45, 7) is 1.41. The number of ketones is 1. The predicted molar refractivity (Wildman–Crippen MR) is 95.0 cm³/mol. The number of carbonyl (C=O) groups excluding carboxylic acids is 1. The summed E-state index contributed by atoms with van der Waals surface area (Å²) in [5.41, 5.74) is 0.174. The topological polar surface area (TPSA) is 114 Å². The van der Waals surface area contributed by atoms with Gasteiger partial charge in [-0.15, -0.1) is 0 Å². The Hall–Kier alpha value is -1.90. The first-order valence-electron chi connectivity index (χ1n) is 7.68. The fraction of sp³-hybridized carbons (Fsp3) is 0.438. The maximum absolute atomic E-state index is 13.1. The molecule has 0 bridgehead atoms. The summed E-state index contributed by atoms with van der Waals surface area (Å²) >= 11 is 0. The van der Waals surface area contributed by atoms with Gasteiger partial charge in [-0.3, -0.25) is 19.5 Å². The number of ether oxygens (including phenoxy) is 2. The van der Waals surface area contributed by atoms with Gasteiger partial charge in [-0.1, -0.05) is 12.1 Å². The number of Topliss-reactive ketones (excluding diaryl/α,β-unsaturated/α-hetero) is 1. The molecular weight excluding hydrogens is 365 g/mol. The molecule has 1 rings (SSSR count). The summed E-state index contributed by atoms with van der Waals surface area (Å²) in [5.74, 6) is -0.533. The fourth-order valence-electron chi connectivity index (χ4n) is 1.92. The summed E-state index contributed by atoms with van der Waals surface area (Å²) < 4.78 is 33.5. The van der Waals surface area contributed by atoms with Gasteiger partial charge >= 0.3 is 7.60 Å². The molecule has 10 heteroatoms. The maximum Gasteiger partial charge on any atom is 0.365 e.